The topological polar surface area (TPSA) is 116 Å². The van der Waals surface area contributed by atoms with E-state index in [2.05, 4.69) is 15.5 Å². The van der Waals surface area contributed by atoms with Gasteiger partial charge in [-0.3, -0.25) is 4.79 Å². The molecule has 0 fully saturated rings. The molecular weight excluding hydrogens is 470 g/mol. The lowest BCUT2D eigenvalue weighted by molar-refractivity contribution is -0.160. The summed E-state index contributed by atoms with van der Waals surface area (Å²) in [5, 5.41) is 8.04. The van der Waals surface area contributed by atoms with Crippen molar-refractivity contribution >= 4 is 40.5 Å². The standard InChI is InChI=1S/C25H25N3O6S/c1-25(2,3)34-20(30)14-32-28-21(19-15-35-24(27-19)26-16-29)23(31)33-22(17-10-6-4-7-11-17)18-12-8-5-9-13-18/h4-13,15-16,22H,14H2,1-3H3,(H,26,27,29)/b28-21-. The summed E-state index contributed by atoms with van der Waals surface area (Å²) < 4.78 is 11.0. The van der Waals surface area contributed by atoms with E-state index in [1.807, 2.05) is 60.7 Å². The number of amides is 1. The van der Waals surface area contributed by atoms with E-state index in [1.165, 1.54) is 5.38 Å². The van der Waals surface area contributed by atoms with Crippen LogP contribution in [0.1, 0.15) is 43.7 Å². The fourth-order valence-corrected chi connectivity index (χ4v) is 3.61. The van der Waals surface area contributed by atoms with Crippen molar-refractivity contribution < 1.29 is 28.7 Å². The highest BCUT2D eigenvalue weighted by molar-refractivity contribution is 7.14. The second kappa shape index (κ2) is 11.9. The normalized spacial score (nSPS) is 11.6. The van der Waals surface area contributed by atoms with E-state index in [1.54, 1.807) is 20.8 Å². The monoisotopic (exact) mass is 495 g/mol. The molecule has 182 valence electrons. The predicted molar refractivity (Wildman–Crippen MR) is 131 cm³/mol. The molecule has 10 heteroatoms. The Hall–Kier alpha value is -4.05. The van der Waals surface area contributed by atoms with E-state index >= 15 is 0 Å². The van der Waals surface area contributed by atoms with Crippen molar-refractivity contribution in [2.45, 2.75) is 32.5 Å². The molecule has 0 aliphatic rings. The molecule has 9 nitrogen and oxygen atoms in total. The summed E-state index contributed by atoms with van der Waals surface area (Å²) in [4.78, 5) is 45.4. The Morgan fingerprint density at radius 1 is 1.06 bits per heavy atom. The highest BCUT2D eigenvalue weighted by Crippen LogP contribution is 2.27. The van der Waals surface area contributed by atoms with Crippen molar-refractivity contribution in [2.75, 3.05) is 11.9 Å². The minimum atomic E-state index is -0.824. The third-order valence-electron chi connectivity index (χ3n) is 4.31. The second-order valence-electron chi connectivity index (χ2n) is 8.21. The summed E-state index contributed by atoms with van der Waals surface area (Å²) >= 11 is 1.09. The molecule has 0 spiro atoms. The average molecular weight is 496 g/mol. The smallest absolute Gasteiger partial charge is 0.363 e. The first kappa shape index (κ1) is 25.6. The zero-order valence-corrected chi connectivity index (χ0v) is 20.3. The number of hydrogen-bond donors (Lipinski definition) is 1. The van der Waals surface area contributed by atoms with Crippen LogP contribution >= 0.6 is 11.3 Å². The van der Waals surface area contributed by atoms with Gasteiger partial charge in [0.1, 0.15) is 11.3 Å². The van der Waals surface area contributed by atoms with E-state index in [-0.39, 0.29) is 16.5 Å². The maximum Gasteiger partial charge on any atom is 0.363 e. The molecule has 2 aromatic carbocycles. The zero-order chi connectivity index (χ0) is 25.3. The predicted octanol–water partition coefficient (Wildman–Crippen LogP) is 4.11. The van der Waals surface area contributed by atoms with Crippen LogP contribution in [0.3, 0.4) is 0 Å². The van der Waals surface area contributed by atoms with Crippen LogP contribution in [0.4, 0.5) is 5.13 Å². The average Bonchev–Trinajstić information content (AvgIpc) is 3.28. The number of carbonyl (C=O) groups is 3. The number of hydrogen-bond acceptors (Lipinski definition) is 9. The molecule has 1 N–H and O–H groups in total. The molecule has 3 rings (SSSR count). The summed E-state index contributed by atoms with van der Waals surface area (Å²) in [6.07, 6.45) is -0.260. The van der Waals surface area contributed by atoms with E-state index in [0.29, 0.717) is 6.41 Å². The van der Waals surface area contributed by atoms with Gasteiger partial charge in [0.05, 0.1) is 0 Å². The van der Waals surface area contributed by atoms with Gasteiger partial charge in [-0.2, -0.15) is 0 Å². The third kappa shape index (κ3) is 7.75. The molecular formula is C25H25N3O6S. The molecule has 0 atom stereocenters. The molecule has 0 saturated heterocycles. The van der Waals surface area contributed by atoms with Gasteiger partial charge in [-0.25, -0.2) is 14.6 Å². The largest absolute Gasteiger partial charge is 0.457 e. The third-order valence-corrected chi connectivity index (χ3v) is 5.08. The van der Waals surface area contributed by atoms with Crippen LogP contribution in [-0.2, 0) is 28.7 Å². The van der Waals surface area contributed by atoms with Crippen LogP contribution in [0.2, 0.25) is 0 Å². The van der Waals surface area contributed by atoms with E-state index < -0.39 is 30.3 Å². The van der Waals surface area contributed by atoms with Crippen molar-refractivity contribution in [3.8, 4) is 0 Å². The number of ether oxygens (including phenoxy) is 2. The molecule has 0 saturated carbocycles. The number of carbonyl (C=O) groups excluding carboxylic acids is 3. The van der Waals surface area contributed by atoms with Gasteiger partial charge < -0.3 is 19.6 Å². The Labute approximate surface area is 206 Å². The maximum absolute atomic E-state index is 13.3. The number of anilines is 1. The van der Waals surface area contributed by atoms with Crippen LogP contribution in [-0.4, -0.2) is 41.3 Å². The summed E-state index contributed by atoms with van der Waals surface area (Å²) in [6.45, 7) is 4.65. The lowest BCUT2D eigenvalue weighted by Crippen LogP contribution is -2.27. The first-order chi connectivity index (χ1) is 16.8. The SMILES string of the molecule is CC(C)(C)OC(=O)CO/N=C(\C(=O)OC(c1ccccc1)c1ccccc1)c1csc(NC=O)n1. The Morgan fingerprint density at radius 3 is 2.20 bits per heavy atom. The van der Waals surface area contributed by atoms with Crippen LogP contribution in [0.5, 0.6) is 0 Å². The van der Waals surface area contributed by atoms with Crippen LogP contribution in [0.25, 0.3) is 0 Å². The molecule has 0 aliphatic carbocycles. The number of thiazole rings is 1. The van der Waals surface area contributed by atoms with Gasteiger partial charge in [-0.15, -0.1) is 11.3 Å². The Bertz CT molecular complexity index is 1130. The molecule has 0 aliphatic heterocycles. The van der Waals surface area contributed by atoms with Gasteiger partial charge in [0.25, 0.3) is 0 Å². The Morgan fingerprint density at radius 2 is 1.66 bits per heavy atom. The van der Waals surface area contributed by atoms with Crippen molar-refractivity contribution in [3.05, 3.63) is 82.9 Å². The molecule has 0 unspecified atom stereocenters. The fraction of sp³-hybridized carbons (Fsp3) is 0.240. The van der Waals surface area contributed by atoms with Crippen molar-refractivity contribution in [2.24, 2.45) is 5.16 Å². The van der Waals surface area contributed by atoms with Gasteiger partial charge in [-0.05, 0) is 31.9 Å². The number of nitrogens with zero attached hydrogens (tertiary/aromatic N) is 2. The van der Waals surface area contributed by atoms with Crippen molar-refractivity contribution in [3.63, 3.8) is 0 Å². The van der Waals surface area contributed by atoms with Gasteiger partial charge in [0, 0.05) is 5.38 Å². The summed E-state index contributed by atoms with van der Waals surface area (Å²) in [5.74, 6) is -1.48. The lowest BCUT2D eigenvalue weighted by Gasteiger charge is -2.19. The second-order valence-corrected chi connectivity index (χ2v) is 9.06. The molecule has 3 aromatic rings. The van der Waals surface area contributed by atoms with E-state index in [4.69, 9.17) is 14.3 Å². The summed E-state index contributed by atoms with van der Waals surface area (Å²) in [7, 11) is 0. The van der Waals surface area contributed by atoms with Crippen molar-refractivity contribution in [1.29, 1.82) is 0 Å². The van der Waals surface area contributed by atoms with E-state index in [0.717, 1.165) is 22.5 Å². The number of aromatic nitrogens is 1. The molecule has 0 bridgehead atoms. The molecule has 1 amide bonds. The van der Waals surface area contributed by atoms with Crippen LogP contribution < -0.4 is 5.32 Å². The highest BCUT2D eigenvalue weighted by atomic mass is 32.1. The van der Waals surface area contributed by atoms with Gasteiger partial charge in [-0.1, -0.05) is 65.8 Å². The minimum Gasteiger partial charge on any atom is -0.457 e. The first-order valence-electron chi connectivity index (χ1n) is 10.7. The van der Waals surface area contributed by atoms with Gasteiger partial charge in [0.15, 0.2) is 11.2 Å². The number of nitrogens with one attached hydrogen (secondary N) is 1. The molecule has 1 heterocycles. The number of oxime groups is 1. The van der Waals surface area contributed by atoms with Gasteiger partial charge >= 0.3 is 11.9 Å². The number of esters is 2. The first-order valence-corrected chi connectivity index (χ1v) is 11.5. The van der Waals surface area contributed by atoms with Crippen molar-refractivity contribution in [1.82, 2.24) is 4.98 Å². The van der Waals surface area contributed by atoms with E-state index in [9.17, 15) is 14.4 Å². The summed E-state index contributed by atoms with van der Waals surface area (Å²) in [5.41, 5.74) is 0.661. The fourth-order valence-electron chi connectivity index (χ4n) is 2.96. The molecule has 35 heavy (non-hydrogen) atoms. The maximum atomic E-state index is 13.3. The number of rotatable bonds is 10. The number of benzene rings is 2. The minimum absolute atomic E-state index is 0.119. The zero-order valence-electron chi connectivity index (χ0n) is 19.5. The van der Waals surface area contributed by atoms with Crippen LogP contribution in [0.15, 0.2) is 71.2 Å². The molecule has 0 radical (unpaired) electrons. The highest BCUT2D eigenvalue weighted by Gasteiger charge is 2.26. The Balaban J connectivity index is 1.88. The Kier molecular flexibility index (Phi) is 8.69. The van der Waals surface area contributed by atoms with Gasteiger partial charge in [0.2, 0.25) is 18.7 Å². The summed E-state index contributed by atoms with van der Waals surface area (Å²) in [6, 6.07) is 18.5. The quantitative estimate of drug-likeness (QED) is 0.195. The lowest BCUT2D eigenvalue weighted by atomic mass is 10.0. The van der Waals surface area contributed by atoms with Crippen LogP contribution in [0, 0.1) is 0 Å². The molecule has 1 aromatic heterocycles.